The third-order valence-corrected chi connectivity index (χ3v) is 5.41. The molecule has 1 saturated heterocycles. The highest BCUT2D eigenvalue weighted by atomic mass is 16.6. The summed E-state index contributed by atoms with van der Waals surface area (Å²) in [5.41, 5.74) is 2.55. The SMILES string of the molecule is Cc1c(C(=O)Nc2ccc(CN3CCOC3=O)cc2)oc2c1C(=O)CC(C)(C)C2. The fourth-order valence-corrected chi connectivity index (χ4v) is 3.97. The number of cyclic esters (lactones) is 1. The van der Waals surface area contributed by atoms with Gasteiger partial charge in [0.1, 0.15) is 12.4 Å². The summed E-state index contributed by atoms with van der Waals surface area (Å²) in [6.45, 7) is 7.26. The first-order chi connectivity index (χ1) is 13.7. The summed E-state index contributed by atoms with van der Waals surface area (Å²) in [5, 5.41) is 2.82. The van der Waals surface area contributed by atoms with Gasteiger partial charge in [0.25, 0.3) is 5.91 Å². The average molecular weight is 396 g/mol. The molecule has 0 bridgehead atoms. The van der Waals surface area contributed by atoms with Gasteiger partial charge in [-0.3, -0.25) is 9.59 Å². The van der Waals surface area contributed by atoms with Crippen molar-refractivity contribution in [1.29, 1.82) is 0 Å². The average Bonchev–Trinajstić information content (AvgIpc) is 3.19. The maximum absolute atomic E-state index is 12.7. The van der Waals surface area contributed by atoms with Crippen LogP contribution < -0.4 is 5.32 Å². The van der Waals surface area contributed by atoms with Gasteiger partial charge in [-0.15, -0.1) is 0 Å². The fourth-order valence-electron chi connectivity index (χ4n) is 3.97. The van der Waals surface area contributed by atoms with E-state index in [0.717, 1.165) is 5.56 Å². The smallest absolute Gasteiger partial charge is 0.410 e. The lowest BCUT2D eigenvalue weighted by Crippen LogP contribution is -2.26. The van der Waals surface area contributed by atoms with Gasteiger partial charge < -0.3 is 19.4 Å². The number of fused-ring (bicyclic) bond motifs is 1. The van der Waals surface area contributed by atoms with Gasteiger partial charge in [-0.25, -0.2) is 4.79 Å². The molecule has 2 heterocycles. The molecule has 7 nitrogen and oxygen atoms in total. The number of Topliss-reactive ketones (excluding diaryl/α,β-unsaturated/α-hetero) is 1. The Balaban J connectivity index is 1.47. The number of ether oxygens (including phenoxy) is 1. The number of carbonyl (C=O) groups is 3. The third-order valence-electron chi connectivity index (χ3n) is 5.41. The number of amides is 2. The summed E-state index contributed by atoms with van der Waals surface area (Å²) >= 11 is 0. The number of hydrogen-bond donors (Lipinski definition) is 1. The zero-order valence-corrected chi connectivity index (χ0v) is 16.8. The Morgan fingerprint density at radius 2 is 1.90 bits per heavy atom. The zero-order valence-electron chi connectivity index (χ0n) is 16.8. The lowest BCUT2D eigenvalue weighted by atomic mass is 9.76. The van der Waals surface area contributed by atoms with Crippen LogP contribution in [0.2, 0.25) is 0 Å². The predicted octanol–water partition coefficient (Wildman–Crippen LogP) is 3.95. The fraction of sp³-hybridized carbons (Fsp3) is 0.409. The summed E-state index contributed by atoms with van der Waals surface area (Å²) in [4.78, 5) is 38.4. The molecule has 1 aromatic heterocycles. The molecule has 1 aliphatic heterocycles. The second kappa shape index (κ2) is 7.06. The quantitative estimate of drug-likeness (QED) is 0.845. The lowest BCUT2D eigenvalue weighted by Gasteiger charge is -2.27. The van der Waals surface area contributed by atoms with E-state index in [1.165, 1.54) is 0 Å². The minimum atomic E-state index is -0.377. The van der Waals surface area contributed by atoms with Gasteiger partial charge in [0.05, 0.1) is 12.1 Å². The minimum absolute atomic E-state index is 0.0290. The largest absolute Gasteiger partial charge is 0.455 e. The van der Waals surface area contributed by atoms with Crippen LogP contribution in [0.5, 0.6) is 0 Å². The Bertz CT molecular complexity index is 987. The second-order valence-corrected chi connectivity index (χ2v) is 8.48. The zero-order chi connectivity index (χ0) is 20.8. The van der Waals surface area contributed by atoms with Gasteiger partial charge in [0.15, 0.2) is 11.5 Å². The number of hydrogen-bond acceptors (Lipinski definition) is 5. The molecule has 1 N–H and O–H groups in total. The highest BCUT2D eigenvalue weighted by Crippen LogP contribution is 2.38. The summed E-state index contributed by atoms with van der Waals surface area (Å²) in [7, 11) is 0. The van der Waals surface area contributed by atoms with Crippen molar-refractivity contribution in [3.63, 3.8) is 0 Å². The Morgan fingerprint density at radius 3 is 2.55 bits per heavy atom. The molecule has 0 saturated carbocycles. The van der Waals surface area contributed by atoms with Crippen LogP contribution >= 0.6 is 0 Å². The molecular weight excluding hydrogens is 372 g/mol. The number of carbonyl (C=O) groups excluding carboxylic acids is 3. The molecule has 7 heteroatoms. The molecule has 2 amide bonds. The predicted molar refractivity (Wildman–Crippen MR) is 106 cm³/mol. The maximum atomic E-state index is 12.7. The first kappa shape index (κ1) is 19.2. The van der Waals surface area contributed by atoms with Gasteiger partial charge in [0.2, 0.25) is 0 Å². The molecule has 29 heavy (non-hydrogen) atoms. The van der Waals surface area contributed by atoms with Gasteiger partial charge in [0, 0.05) is 30.6 Å². The Hall–Kier alpha value is -3.09. The molecule has 0 atom stereocenters. The van der Waals surface area contributed by atoms with Crippen molar-refractivity contribution < 1.29 is 23.5 Å². The second-order valence-electron chi connectivity index (χ2n) is 8.48. The van der Waals surface area contributed by atoms with Crippen molar-refractivity contribution in [1.82, 2.24) is 4.90 Å². The number of ketones is 1. The van der Waals surface area contributed by atoms with E-state index in [1.807, 2.05) is 26.0 Å². The normalized spacial score (nSPS) is 17.8. The summed E-state index contributed by atoms with van der Waals surface area (Å²) < 4.78 is 10.7. The van der Waals surface area contributed by atoms with Crippen LogP contribution in [0.25, 0.3) is 0 Å². The van der Waals surface area contributed by atoms with Crippen LogP contribution in [0.15, 0.2) is 28.7 Å². The summed E-state index contributed by atoms with van der Waals surface area (Å²) in [6, 6.07) is 7.27. The van der Waals surface area contributed by atoms with E-state index in [4.69, 9.17) is 9.15 Å². The van der Waals surface area contributed by atoms with Gasteiger partial charge in [-0.05, 0) is 30.0 Å². The highest BCUT2D eigenvalue weighted by Gasteiger charge is 2.37. The van der Waals surface area contributed by atoms with Crippen LogP contribution in [0.1, 0.15) is 58.1 Å². The van der Waals surface area contributed by atoms with Crippen LogP contribution in [0.4, 0.5) is 10.5 Å². The molecule has 2 aromatic rings. The number of nitrogens with zero attached hydrogens (tertiary/aromatic N) is 1. The summed E-state index contributed by atoms with van der Waals surface area (Å²) in [6.07, 6.45) is 0.779. The molecule has 152 valence electrons. The molecule has 1 fully saturated rings. The molecule has 2 aliphatic rings. The minimum Gasteiger partial charge on any atom is -0.455 e. The number of nitrogens with one attached hydrogen (secondary N) is 1. The van der Waals surface area contributed by atoms with Crippen LogP contribution in [0, 0.1) is 12.3 Å². The monoisotopic (exact) mass is 396 g/mol. The Labute approximate surface area is 169 Å². The first-order valence-corrected chi connectivity index (χ1v) is 9.71. The van der Waals surface area contributed by atoms with E-state index < -0.39 is 0 Å². The van der Waals surface area contributed by atoms with Crippen LogP contribution in [-0.2, 0) is 17.7 Å². The third kappa shape index (κ3) is 3.77. The number of anilines is 1. The number of furan rings is 1. The number of benzene rings is 1. The van der Waals surface area contributed by atoms with Crippen molar-refractivity contribution in [2.45, 2.75) is 40.2 Å². The number of rotatable bonds is 4. The van der Waals surface area contributed by atoms with Crippen molar-refractivity contribution in [3.05, 3.63) is 52.5 Å². The van der Waals surface area contributed by atoms with Crippen LogP contribution in [-0.4, -0.2) is 35.8 Å². The molecule has 4 rings (SSSR count). The first-order valence-electron chi connectivity index (χ1n) is 9.71. The van der Waals surface area contributed by atoms with E-state index in [-0.39, 0.29) is 29.0 Å². The molecule has 1 aromatic carbocycles. The van der Waals surface area contributed by atoms with Gasteiger partial charge in [-0.1, -0.05) is 26.0 Å². The lowest BCUT2D eigenvalue weighted by molar-refractivity contribution is 0.0898. The van der Waals surface area contributed by atoms with E-state index in [0.29, 0.717) is 55.1 Å². The van der Waals surface area contributed by atoms with Crippen molar-refractivity contribution in [3.8, 4) is 0 Å². The molecule has 0 radical (unpaired) electrons. The van der Waals surface area contributed by atoms with E-state index in [2.05, 4.69) is 5.32 Å². The van der Waals surface area contributed by atoms with Crippen LogP contribution in [0.3, 0.4) is 0 Å². The molecule has 1 aliphatic carbocycles. The highest BCUT2D eigenvalue weighted by molar-refractivity contribution is 6.07. The van der Waals surface area contributed by atoms with Crippen molar-refractivity contribution in [2.24, 2.45) is 5.41 Å². The molecule has 0 unspecified atom stereocenters. The Kier molecular flexibility index (Phi) is 4.68. The molecular formula is C22H24N2O5. The van der Waals surface area contributed by atoms with Gasteiger partial charge >= 0.3 is 6.09 Å². The molecule has 0 spiro atoms. The van der Waals surface area contributed by atoms with E-state index in [9.17, 15) is 14.4 Å². The topological polar surface area (TPSA) is 88.8 Å². The van der Waals surface area contributed by atoms with E-state index in [1.54, 1.807) is 24.0 Å². The van der Waals surface area contributed by atoms with Crippen molar-refractivity contribution in [2.75, 3.05) is 18.5 Å². The Morgan fingerprint density at radius 1 is 1.17 bits per heavy atom. The van der Waals surface area contributed by atoms with Gasteiger partial charge in [-0.2, -0.15) is 0 Å². The van der Waals surface area contributed by atoms with Crippen molar-refractivity contribution >= 4 is 23.5 Å². The standard InChI is InChI=1S/C22H24N2O5/c1-13-18-16(25)10-22(2,3)11-17(18)29-19(13)20(26)23-15-6-4-14(5-7-15)12-24-8-9-28-21(24)27/h4-7H,8-12H2,1-3H3,(H,23,26). The summed E-state index contributed by atoms with van der Waals surface area (Å²) in [5.74, 6) is 0.436. The maximum Gasteiger partial charge on any atom is 0.410 e. The van der Waals surface area contributed by atoms with E-state index >= 15 is 0 Å².